The number of fused-ring (bicyclic) bond motifs is 2. The quantitative estimate of drug-likeness (QED) is 0.406. The summed E-state index contributed by atoms with van der Waals surface area (Å²) in [6.07, 6.45) is -2.39. The highest BCUT2D eigenvalue weighted by molar-refractivity contribution is 9.10. The maximum Gasteiger partial charge on any atom is 0.475 e. The second kappa shape index (κ2) is 7.65. The lowest BCUT2D eigenvalue weighted by Crippen LogP contribution is -2.39. The van der Waals surface area contributed by atoms with E-state index < -0.39 is 32.4 Å². The number of rotatable bonds is 4. The summed E-state index contributed by atoms with van der Waals surface area (Å²) in [5.74, 6) is 0.197. The molecule has 13 heteroatoms. The fourth-order valence-electron chi connectivity index (χ4n) is 3.46. The Balaban J connectivity index is 1.37. The number of ether oxygens (including phenoxy) is 1. The molecule has 2 fully saturated rings. The Morgan fingerprint density at radius 1 is 1.33 bits per heavy atom. The molecule has 0 aliphatic carbocycles. The summed E-state index contributed by atoms with van der Waals surface area (Å²) in [4.78, 5) is 12.4. The van der Waals surface area contributed by atoms with Crippen LogP contribution >= 0.6 is 23.8 Å². The molecule has 0 spiro atoms. The molecule has 3 N–H and O–H groups in total. The third-order valence-electron chi connectivity index (χ3n) is 4.91. The summed E-state index contributed by atoms with van der Waals surface area (Å²) in [7, 11) is -3.88. The Hall–Kier alpha value is -1.92. The first kappa shape index (κ1) is 20.0. The van der Waals surface area contributed by atoms with E-state index in [0.717, 1.165) is 5.56 Å². The van der Waals surface area contributed by atoms with Gasteiger partial charge in [0.15, 0.2) is 27.9 Å². The van der Waals surface area contributed by atoms with Crippen molar-refractivity contribution in [1.82, 2.24) is 19.5 Å². The largest absolute Gasteiger partial charge is 0.475 e. The first-order chi connectivity index (χ1) is 14.5. The Morgan fingerprint density at radius 2 is 2.13 bits per heavy atom. The van der Waals surface area contributed by atoms with Crippen molar-refractivity contribution in [2.75, 3.05) is 12.3 Å². The van der Waals surface area contributed by atoms with Gasteiger partial charge in [0.25, 0.3) is 0 Å². The van der Waals surface area contributed by atoms with Crippen LogP contribution in [0.5, 0.6) is 0 Å². The molecule has 1 unspecified atom stereocenters. The SMILES string of the molecule is Nc1ncnc2c1nc(Br)n2[C@@H]1O[C@@H]2COP(=O)(OCc3ccccc3)O[C@H]2[C@H]1O. The number of aliphatic hydroxyl groups excluding tert-OH is 1. The average Bonchev–Trinajstić information content (AvgIpc) is 3.24. The number of aliphatic hydroxyl groups is 1. The number of imidazole rings is 1. The molecule has 2 aromatic heterocycles. The number of nitrogens with two attached hydrogens (primary N) is 1. The Morgan fingerprint density at radius 3 is 2.93 bits per heavy atom. The van der Waals surface area contributed by atoms with Crippen molar-refractivity contribution in [3.63, 3.8) is 0 Å². The summed E-state index contributed by atoms with van der Waals surface area (Å²) in [6.45, 7) is -0.0184. The van der Waals surface area contributed by atoms with Crippen LogP contribution < -0.4 is 5.73 Å². The number of nitrogens with zero attached hydrogens (tertiary/aromatic N) is 4. The van der Waals surface area contributed by atoms with Crippen molar-refractivity contribution >= 4 is 40.7 Å². The minimum atomic E-state index is -3.88. The first-order valence-corrected chi connectivity index (χ1v) is 11.3. The maximum absolute atomic E-state index is 12.9. The van der Waals surface area contributed by atoms with E-state index in [0.29, 0.717) is 15.9 Å². The van der Waals surface area contributed by atoms with Gasteiger partial charge < -0.3 is 15.6 Å². The standard InChI is InChI=1S/C17H17BrN5O6P/c18-17-22-11-14(19)20-8-21-15(11)23(17)16-12(24)13-10(28-16)7-27-30(25,29-13)26-6-9-4-2-1-3-5-9/h1-5,8,10,12-13,16,24H,6-7H2,(H2,19,20,21)/t10-,12-,13-,16-,30?/m1/s1. The number of phosphoric acid groups is 1. The molecule has 3 aromatic rings. The first-order valence-electron chi connectivity index (χ1n) is 9.04. The van der Waals surface area contributed by atoms with Crippen LogP contribution in [0.1, 0.15) is 11.8 Å². The molecule has 0 bridgehead atoms. The topological polar surface area (TPSA) is 144 Å². The Labute approximate surface area is 178 Å². The van der Waals surface area contributed by atoms with Crippen molar-refractivity contribution in [3.8, 4) is 0 Å². The zero-order valence-corrected chi connectivity index (χ0v) is 17.8. The van der Waals surface area contributed by atoms with Crippen LogP contribution in [0.15, 0.2) is 41.4 Å². The number of benzene rings is 1. The van der Waals surface area contributed by atoms with Gasteiger partial charge in [0.2, 0.25) is 0 Å². The number of aromatic nitrogens is 4. The van der Waals surface area contributed by atoms with Crippen molar-refractivity contribution in [2.45, 2.75) is 31.1 Å². The highest BCUT2D eigenvalue weighted by Crippen LogP contribution is 2.57. The summed E-state index contributed by atoms with van der Waals surface area (Å²) < 4.78 is 37.1. The van der Waals surface area contributed by atoms with Gasteiger partial charge in [-0.25, -0.2) is 19.5 Å². The summed E-state index contributed by atoms with van der Waals surface area (Å²) in [5.41, 5.74) is 7.41. The van der Waals surface area contributed by atoms with E-state index in [9.17, 15) is 9.67 Å². The highest BCUT2D eigenvalue weighted by Gasteiger charge is 2.54. The smallest absolute Gasteiger partial charge is 0.386 e. The fraction of sp³-hybridized carbons (Fsp3) is 0.353. The van der Waals surface area contributed by atoms with Gasteiger partial charge >= 0.3 is 7.82 Å². The van der Waals surface area contributed by atoms with Crippen LogP contribution in [-0.2, 0) is 29.5 Å². The minimum Gasteiger partial charge on any atom is -0.386 e. The van der Waals surface area contributed by atoms with Crippen LogP contribution in [0.2, 0.25) is 0 Å². The van der Waals surface area contributed by atoms with E-state index in [1.807, 2.05) is 30.3 Å². The monoisotopic (exact) mass is 497 g/mol. The number of hydrogen-bond donors (Lipinski definition) is 2. The molecule has 0 radical (unpaired) electrons. The van der Waals surface area contributed by atoms with Crippen LogP contribution in [0, 0.1) is 0 Å². The van der Waals surface area contributed by atoms with Gasteiger partial charge in [0.1, 0.15) is 24.6 Å². The molecule has 0 saturated carbocycles. The Bertz CT molecular complexity index is 1130. The molecular weight excluding hydrogens is 481 g/mol. The molecule has 2 saturated heterocycles. The number of hydrogen-bond acceptors (Lipinski definition) is 10. The van der Waals surface area contributed by atoms with Gasteiger partial charge in [0.05, 0.1) is 13.2 Å². The van der Waals surface area contributed by atoms with E-state index >= 15 is 0 Å². The predicted molar refractivity (Wildman–Crippen MR) is 107 cm³/mol. The zero-order chi connectivity index (χ0) is 20.9. The van der Waals surface area contributed by atoms with Crippen molar-refractivity contribution < 1.29 is 28.0 Å². The Kier molecular flexibility index (Phi) is 5.10. The normalized spacial score (nSPS) is 31.1. The van der Waals surface area contributed by atoms with Crippen molar-refractivity contribution in [1.29, 1.82) is 0 Å². The van der Waals surface area contributed by atoms with E-state index in [4.69, 9.17) is 24.0 Å². The lowest BCUT2D eigenvalue weighted by atomic mass is 10.1. The highest BCUT2D eigenvalue weighted by atomic mass is 79.9. The molecular formula is C17H17BrN5O6P. The summed E-state index contributed by atoms with van der Waals surface area (Å²) in [6, 6.07) is 9.22. The molecule has 2 aliphatic rings. The van der Waals surface area contributed by atoms with Gasteiger partial charge in [-0.2, -0.15) is 0 Å². The van der Waals surface area contributed by atoms with E-state index in [1.54, 1.807) is 0 Å². The third-order valence-corrected chi connectivity index (χ3v) is 6.88. The lowest BCUT2D eigenvalue weighted by molar-refractivity contribution is -0.0718. The third kappa shape index (κ3) is 3.44. The van der Waals surface area contributed by atoms with Gasteiger partial charge in [0, 0.05) is 0 Å². The van der Waals surface area contributed by atoms with Crippen molar-refractivity contribution in [2.24, 2.45) is 0 Å². The molecule has 2 aliphatic heterocycles. The number of anilines is 1. The fourth-order valence-corrected chi connectivity index (χ4v) is 5.40. The second-order valence-corrected chi connectivity index (χ2v) is 9.14. The van der Waals surface area contributed by atoms with Gasteiger partial charge in [-0.1, -0.05) is 30.3 Å². The van der Waals surface area contributed by atoms with Crippen LogP contribution in [0.25, 0.3) is 11.2 Å². The maximum atomic E-state index is 12.9. The predicted octanol–water partition coefficient (Wildman–Crippen LogP) is 2.17. The molecule has 4 heterocycles. The van der Waals surface area contributed by atoms with Gasteiger partial charge in [-0.15, -0.1) is 0 Å². The van der Waals surface area contributed by atoms with Gasteiger partial charge in [-0.05, 0) is 21.5 Å². The molecule has 30 heavy (non-hydrogen) atoms. The lowest BCUT2D eigenvalue weighted by Gasteiger charge is -2.30. The molecule has 11 nitrogen and oxygen atoms in total. The molecule has 158 valence electrons. The van der Waals surface area contributed by atoms with Crippen LogP contribution in [-0.4, -0.2) is 49.5 Å². The van der Waals surface area contributed by atoms with E-state index in [2.05, 4.69) is 30.9 Å². The van der Waals surface area contributed by atoms with Crippen LogP contribution in [0.3, 0.4) is 0 Å². The zero-order valence-electron chi connectivity index (χ0n) is 15.4. The number of phosphoric ester groups is 1. The number of halogens is 1. The summed E-state index contributed by atoms with van der Waals surface area (Å²) in [5, 5.41) is 10.9. The average molecular weight is 498 g/mol. The van der Waals surface area contributed by atoms with Crippen molar-refractivity contribution in [3.05, 3.63) is 47.0 Å². The number of nitrogen functional groups attached to an aromatic ring is 1. The van der Waals surface area contributed by atoms with Crippen LogP contribution in [0.4, 0.5) is 5.82 Å². The molecule has 1 aromatic carbocycles. The van der Waals surface area contributed by atoms with E-state index in [1.165, 1.54) is 10.9 Å². The summed E-state index contributed by atoms with van der Waals surface area (Å²) >= 11 is 3.34. The van der Waals surface area contributed by atoms with E-state index in [-0.39, 0.29) is 19.0 Å². The molecule has 5 atom stereocenters. The molecule has 0 amide bonds. The minimum absolute atomic E-state index is 0.0454. The van der Waals surface area contributed by atoms with Gasteiger partial charge in [-0.3, -0.25) is 18.1 Å². The molecule has 5 rings (SSSR count). The second-order valence-electron chi connectivity index (χ2n) is 6.81.